The minimum Gasteiger partial charge on any atom is -0.511 e. The van der Waals surface area contributed by atoms with Gasteiger partial charge in [-0.1, -0.05) is 27.7 Å². The van der Waals surface area contributed by atoms with E-state index < -0.39 is 0 Å². The molecule has 4 nitrogen and oxygen atoms in total. The molecule has 2 aliphatic carbocycles. The van der Waals surface area contributed by atoms with E-state index in [9.17, 15) is 9.90 Å². The molecule has 0 amide bonds. The van der Waals surface area contributed by atoms with E-state index in [1.54, 1.807) is 0 Å². The molecule has 1 unspecified atom stereocenters. The number of aliphatic hydroxyl groups is 1. The maximum atomic E-state index is 12.4. The number of allylic oxidation sites excluding steroid dienone is 2. The minimum absolute atomic E-state index is 0. The van der Waals surface area contributed by atoms with Gasteiger partial charge in [-0.15, -0.1) is 5.69 Å². The fourth-order valence-corrected chi connectivity index (χ4v) is 4.09. The summed E-state index contributed by atoms with van der Waals surface area (Å²) in [5.74, 6) is 0.851. The van der Waals surface area contributed by atoms with Crippen LogP contribution in [0.25, 0.3) is 0 Å². The Hall–Kier alpha value is -1.58. The molecule has 1 aromatic rings. The van der Waals surface area contributed by atoms with Gasteiger partial charge in [0, 0.05) is 36.5 Å². The molecule has 1 saturated carbocycles. The fourth-order valence-electron chi connectivity index (χ4n) is 4.09. The Balaban J connectivity index is 0.000000207. The number of anilines is 1. The monoisotopic (exact) mass is 573 g/mol. The van der Waals surface area contributed by atoms with Crippen LogP contribution < -0.4 is 4.90 Å². The van der Waals surface area contributed by atoms with Gasteiger partial charge in [0.1, 0.15) is 5.76 Å². The van der Waals surface area contributed by atoms with E-state index >= 15 is 0 Å². The van der Waals surface area contributed by atoms with E-state index in [1.165, 1.54) is 0 Å². The summed E-state index contributed by atoms with van der Waals surface area (Å²) in [6, 6.07) is 11.1. The summed E-state index contributed by atoms with van der Waals surface area (Å²) in [4.78, 5) is 16.4. The molecule has 0 spiro atoms. The Morgan fingerprint density at radius 2 is 1.76 bits per heavy atom. The summed E-state index contributed by atoms with van der Waals surface area (Å²) in [5.41, 5.74) is 1.31. The first-order chi connectivity index (χ1) is 13.1. The first-order valence-electron chi connectivity index (χ1n) is 10.1. The number of Topliss-reactive ketones (excluding diaryl/α,β-unsaturated/α-hetero) is 1. The number of hydrogen-bond acceptors (Lipinski definition) is 4. The van der Waals surface area contributed by atoms with Crippen molar-refractivity contribution in [3.63, 3.8) is 0 Å². The summed E-state index contributed by atoms with van der Waals surface area (Å²) in [5, 5.41) is 10.3. The summed E-state index contributed by atoms with van der Waals surface area (Å²) in [6.07, 6.45) is 8.05. The molecule has 0 saturated heterocycles. The summed E-state index contributed by atoms with van der Waals surface area (Å²) in [7, 11) is 2.00. The summed E-state index contributed by atoms with van der Waals surface area (Å²) >= 11 is 0. The second kappa shape index (κ2) is 9.05. The molecule has 3 aliphatic rings. The van der Waals surface area contributed by atoms with Crippen molar-refractivity contribution in [2.75, 3.05) is 11.9 Å². The quantitative estimate of drug-likeness (QED) is 0.455. The Bertz CT molecular complexity index is 783. The van der Waals surface area contributed by atoms with Gasteiger partial charge in [0.15, 0.2) is 5.78 Å². The number of aliphatic hydroxyl groups excluding tert-OH is 1. The molecule has 1 atom stereocenters. The maximum Gasteiger partial charge on any atom is 0.168 e. The average molecular weight is 573 g/mol. The predicted octanol–water partition coefficient (Wildman–Crippen LogP) is 5.45. The molecule has 29 heavy (non-hydrogen) atoms. The van der Waals surface area contributed by atoms with Gasteiger partial charge < -0.3 is 14.9 Å². The minimum atomic E-state index is -0.284. The Morgan fingerprint density at radius 1 is 1.10 bits per heavy atom. The van der Waals surface area contributed by atoms with Crippen molar-refractivity contribution >= 4 is 11.5 Å². The number of nitrogens with zero attached hydrogens (tertiary/aromatic N) is 2. The summed E-state index contributed by atoms with van der Waals surface area (Å²) in [6.45, 7) is 10.0. The maximum absolute atomic E-state index is 12.4. The van der Waals surface area contributed by atoms with Gasteiger partial charge in [-0.3, -0.25) is 4.79 Å². The van der Waals surface area contributed by atoms with Crippen LogP contribution in [0.2, 0.25) is 0 Å². The van der Waals surface area contributed by atoms with E-state index in [2.05, 4.69) is 6.07 Å². The van der Waals surface area contributed by atoms with Crippen LogP contribution in [0.4, 0.5) is 5.69 Å². The van der Waals surface area contributed by atoms with E-state index in [-0.39, 0.29) is 36.7 Å². The molecule has 5 heteroatoms. The van der Waals surface area contributed by atoms with Gasteiger partial charge in [0.2, 0.25) is 0 Å². The van der Waals surface area contributed by atoms with Crippen molar-refractivity contribution in [3.05, 3.63) is 60.7 Å². The van der Waals surface area contributed by atoms with Crippen molar-refractivity contribution < 1.29 is 30.0 Å². The zero-order valence-corrected chi connectivity index (χ0v) is 20.4. The average Bonchev–Trinajstić information content (AvgIpc) is 3.09. The van der Waals surface area contributed by atoms with Crippen LogP contribution in [0.5, 0.6) is 0 Å². The van der Waals surface area contributed by atoms with Crippen LogP contribution in [0, 0.1) is 29.5 Å². The molecule has 0 bridgehead atoms. The third-order valence-corrected chi connectivity index (χ3v) is 6.14. The standard InChI is InChI=1S/C14H22O2.C10H10N2.Ir/c1-13(2)7-5-9-6-8-14(3,4)12(16)10(9)11(13)15;1-11-7-8-12(9-11)10-5-3-2-4-6-10;/h9,15H,5-8H2,1-4H3;2-5,7-9H,1H3;/q;-2;. The Labute approximate surface area is 189 Å². The number of fused-ring (bicyclic) bond motifs is 1. The topological polar surface area (TPSA) is 43.8 Å². The van der Waals surface area contributed by atoms with Crippen LogP contribution >= 0.6 is 0 Å². The smallest absolute Gasteiger partial charge is 0.168 e. The van der Waals surface area contributed by atoms with E-state index in [4.69, 9.17) is 0 Å². The van der Waals surface area contributed by atoms with Gasteiger partial charge in [0.25, 0.3) is 0 Å². The largest absolute Gasteiger partial charge is 0.511 e. The first-order valence-corrected chi connectivity index (χ1v) is 10.1. The second-order valence-corrected chi connectivity index (χ2v) is 9.37. The number of hydrogen-bond donors (Lipinski definition) is 1. The number of para-hydroxylation sites is 1. The molecule has 1 heterocycles. The van der Waals surface area contributed by atoms with Crippen molar-refractivity contribution in [1.82, 2.24) is 4.90 Å². The van der Waals surface area contributed by atoms with Crippen LogP contribution in [-0.4, -0.2) is 22.8 Å². The van der Waals surface area contributed by atoms with Crippen LogP contribution in [0.3, 0.4) is 0 Å². The molecule has 1 aliphatic heterocycles. The van der Waals surface area contributed by atoms with E-state index in [0.717, 1.165) is 36.9 Å². The number of ketones is 1. The Kier molecular flexibility index (Phi) is 7.40. The van der Waals surface area contributed by atoms with Crippen LogP contribution in [-0.2, 0) is 24.9 Å². The van der Waals surface area contributed by atoms with Crippen molar-refractivity contribution in [2.24, 2.45) is 16.7 Å². The molecule has 1 aromatic carbocycles. The van der Waals surface area contributed by atoms with Crippen LogP contribution in [0.1, 0.15) is 53.4 Å². The third-order valence-electron chi connectivity index (χ3n) is 6.14. The molecule has 1 fully saturated rings. The molecular weight excluding hydrogens is 540 g/mol. The van der Waals surface area contributed by atoms with Gasteiger partial charge >= 0.3 is 0 Å². The Morgan fingerprint density at radius 3 is 2.31 bits per heavy atom. The van der Waals surface area contributed by atoms with Crippen molar-refractivity contribution in [3.8, 4) is 0 Å². The van der Waals surface area contributed by atoms with Gasteiger partial charge in [-0.2, -0.15) is 37.0 Å². The zero-order chi connectivity index (χ0) is 20.5. The molecule has 161 valence electrons. The second-order valence-electron chi connectivity index (χ2n) is 9.37. The van der Waals surface area contributed by atoms with Gasteiger partial charge in [-0.25, -0.2) is 0 Å². The fraction of sp³-hybridized carbons (Fsp3) is 0.500. The van der Waals surface area contributed by atoms with Crippen molar-refractivity contribution in [1.29, 1.82) is 0 Å². The van der Waals surface area contributed by atoms with Crippen molar-refractivity contribution in [2.45, 2.75) is 53.4 Å². The molecule has 1 N–H and O–H groups in total. The number of benzene rings is 1. The van der Waals surface area contributed by atoms with E-state index in [1.807, 2.05) is 87.9 Å². The van der Waals surface area contributed by atoms with Gasteiger partial charge in [-0.05, 0) is 51.0 Å². The predicted molar refractivity (Wildman–Crippen MR) is 113 cm³/mol. The normalized spacial score (nSPS) is 24.4. The number of carbonyl (C=O) groups excluding carboxylic acids is 1. The van der Waals surface area contributed by atoms with Gasteiger partial charge in [0.05, 0.1) is 0 Å². The molecule has 4 rings (SSSR count). The third kappa shape index (κ3) is 5.13. The summed E-state index contributed by atoms with van der Waals surface area (Å²) < 4.78 is 0. The molecular formula is C24H32IrN2O2-2. The molecule has 0 aromatic heterocycles. The number of rotatable bonds is 1. The SMILES string of the molecule is CC1(C)CCC2CCC(C)(C)C(O)=C2C1=O.CN1C=CN(c2[c-]cccc2)[CH-]1.[Ir]. The zero-order valence-electron chi connectivity index (χ0n) is 18.0. The number of carbonyl (C=O) groups is 1. The van der Waals surface area contributed by atoms with Crippen LogP contribution in [0.15, 0.2) is 48.0 Å². The molecule has 1 radical (unpaired) electrons. The first kappa shape index (κ1) is 23.7. The van der Waals surface area contributed by atoms with E-state index in [0.29, 0.717) is 11.7 Å².